The molecule has 0 aliphatic heterocycles. The SMILES string of the molecule is COCCN(CCO)C(=O)Cn1nnc(-c2cccs2)n1. The normalized spacial score (nSPS) is 10.8. The predicted molar refractivity (Wildman–Crippen MR) is 76.7 cm³/mol. The molecule has 21 heavy (non-hydrogen) atoms. The van der Waals surface area contributed by atoms with Gasteiger partial charge in [0.25, 0.3) is 0 Å². The topological polar surface area (TPSA) is 93.4 Å². The molecule has 1 amide bonds. The fourth-order valence-electron chi connectivity index (χ4n) is 1.72. The van der Waals surface area contributed by atoms with Gasteiger partial charge >= 0.3 is 0 Å². The molecular weight excluding hydrogens is 294 g/mol. The minimum absolute atomic E-state index is 0.0118. The number of methoxy groups -OCH3 is 1. The lowest BCUT2D eigenvalue weighted by Gasteiger charge is -2.20. The second-order valence-corrected chi connectivity index (χ2v) is 5.17. The van der Waals surface area contributed by atoms with Crippen LogP contribution in [0.2, 0.25) is 0 Å². The number of carbonyl (C=O) groups excluding carboxylic acids is 1. The second kappa shape index (κ2) is 7.81. The summed E-state index contributed by atoms with van der Waals surface area (Å²) in [7, 11) is 1.56. The Morgan fingerprint density at radius 3 is 3.05 bits per heavy atom. The summed E-state index contributed by atoms with van der Waals surface area (Å²) in [6, 6.07) is 3.80. The van der Waals surface area contributed by atoms with E-state index in [0.29, 0.717) is 19.0 Å². The van der Waals surface area contributed by atoms with Crippen LogP contribution in [0.1, 0.15) is 0 Å². The van der Waals surface area contributed by atoms with E-state index in [0.717, 1.165) is 4.88 Å². The molecule has 0 saturated carbocycles. The molecule has 0 aromatic carbocycles. The van der Waals surface area contributed by atoms with E-state index in [2.05, 4.69) is 15.4 Å². The molecule has 0 radical (unpaired) electrons. The summed E-state index contributed by atoms with van der Waals surface area (Å²) in [4.78, 5) is 15.8. The largest absolute Gasteiger partial charge is 0.395 e. The first-order chi connectivity index (χ1) is 10.2. The summed E-state index contributed by atoms with van der Waals surface area (Å²) in [6.07, 6.45) is 0. The minimum atomic E-state index is -0.184. The highest BCUT2D eigenvalue weighted by atomic mass is 32.1. The molecule has 1 N–H and O–H groups in total. The zero-order valence-corrected chi connectivity index (χ0v) is 12.5. The lowest BCUT2D eigenvalue weighted by Crippen LogP contribution is -2.38. The molecule has 0 spiro atoms. The molecule has 0 aliphatic carbocycles. The van der Waals surface area contributed by atoms with Crippen LogP contribution in [0.5, 0.6) is 0 Å². The Hall–Kier alpha value is -1.84. The Morgan fingerprint density at radius 2 is 2.38 bits per heavy atom. The van der Waals surface area contributed by atoms with Crippen LogP contribution in [-0.2, 0) is 16.1 Å². The van der Waals surface area contributed by atoms with E-state index in [1.54, 1.807) is 7.11 Å². The standard InChI is InChI=1S/C12H17N5O3S/c1-20-7-5-16(4-6-18)11(19)9-17-14-12(13-15-17)10-3-2-8-21-10/h2-3,8,18H,4-7,9H2,1H3. The van der Waals surface area contributed by atoms with Crippen LogP contribution < -0.4 is 0 Å². The van der Waals surface area contributed by atoms with Crippen molar-refractivity contribution in [2.75, 3.05) is 33.4 Å². The number of ether oxygens (including phenoxy) is 1. The molecule has 114 valence electrons. The van der Waals surface area contributed by atoms with Crippen molar-refractivity contribution in [3.05, 3.63) is 17.5 Å². The molecule has 2 rings (SSSR count). The van der Waals surface area contributed by atoms with Gasteiger partial charge in [-0.15, -0.1) is 21.5 Å². The highest BCUT2D eigenvalue weighted by Crippen LogP contribution is 2.19. The number of tetrazole rings is 1. The van der Waals surface area contributed by atoms with Crippen molar-refractivity contribution in [2.45, 2.75) is 6.54 Å². The number of aliphatic hydroxyl groups is 1. The Balaban J connectivity index is 1.97. The molecule has 8 nitrogen and oxygen atoms in total. The quantitative estimate of drug-likeness (QED) is 0.730. The number of thiophene rings is 1. The van der Waals surface area contributed by atoms with E-state index < -0.39 is 0 Å². The van der Waals surface area contributed by atoms with Crippen molar-refractivity contribution in [1.82, 2.24) is 25.1 Å². The number of carbonyl (C=O) groups is 1. The molecule has 0 saturated heterocycles. The van der Waals surface area contributed by atoms with E-state index in [1.165, 1.54) is 21.0 Å². The summed E-state index contributed by atoms with van der Waals surface area (Å²) in [5.74, 6) is 0.319. The van der Waals surface area contributed by atoms with Crippen molar-refractivity contribution in [3.8, 4) is 10.7 Å². The number of rotatable bonds is 8. The van der Waals surface area contributed by atoms with E-state index in [4.69, 9.17) is 9.84 Å². The lowest BCUT2D eigenvalue weighted by atomic mass is 10.4. The maximum atomic E-state index is 12.1. The van der Waals surface area contributed by atoms with E-state index >= 15 is 0 Å². The smallest absolute Gasteiger partial charge is 0.246 e. The average molecular weight is 311 g/mol. The van der Waals surface area contributed by atoms with Gasteiger partial charge in [0.15, 0.2) is 0 Å². The summed E-state index contributed by atoms with van der Waals surface area (Å²) in [5, 5.41) is 22.9. The zero-order valence-electron chi connectivity index (χ0n) is 11.7. The van der Waals surface area contributed by atoms with Crippen molar-refractivity contribution in [1.29, 1.82) is 0 Å². The van der Waals surface area contributed by atoms with Gasteiger partial charge in [-0.05, 0) is 16.7 Å². The van der Waals surface area contributed by atoms with Crippen molar-refractivity contribution >= 4 is 17.2 Å². The number of aliphatic hydroxyl groups excluding tert-OH is 1. The summed E-state index contributed by atoms with van der Waals surface area (Å²) in [5.41, 5.74) is 0. The highest BCUT2D eigenvalue weighted by Gasteiger charge is 2.15. The average Bonchev–Trinajstić information content (AvgIpc) is 3.13. The van der Waals surface area contributed by atoms with Crippen LogP contribution in [0.4, 0.5) is 0 Å². The molecule has 0 bridgehead atoms. The van der Waals surface area contributed by atoms with Crippen molar-refractivity contribution in [3.63, 3.8) is 0 Å². The number of amides is 1. The molecule has 0 unspecified atom stereocenters. The Labute approximate surface area is 125 Å². The maximum Gasteiger partial charge on any atom is 0.246 e. The third-order valence-electron chi connectivity index (χ3n) is 2.76. The van der Waals surface area contributed by atoms with Crippen LogP contribution in [0, 0.1) is 0 Å². The molecule has 0 aliphatic rings. The van der Waals surface area contributed by atoms with Crippen molar-refractivity contribution in [2.24, 2.45) is 0 Å². The van der Waals surface area contributed by atoms with Crippen LogP contribution >= 0.6 is 11.3 Å². The van der Waals surface area contributed by atoms with Gasteiger partial charge in [0.05, 0.1) is 18.1 Å². The van der Waals surface area contributed by atoms with Gasteiger partial charge in [0, 0.05) is 20.2 Å². The van der Waals surface area contributed by atoms with Gasteiger partial charge < -0.3 is 14.7 Å². The van der Waals surface area contributed by atoms with Crippen LogP contribution in [0.15, 0.2) is 17.5 Å². The molecular formula is C12H17N5O3S. The monoisotopic (exact) mass is 311 g/mol. The maximum absolute atomic E-state index is 12.1. The van der Waals surface area contributed by atoms with E-state index in [1.807, 2.05) is 17.5 Å². The Bertz CT molecular complexity index is 557. The number of nitrogens with zero attached hydrogens (tertiary/aromatic N) is 5. The van der Waals surface area contributed by atoms with Crippen molar-refractivity contribution < 1.29 is 14.6 Å². The second-order valence-electron chi connectivity index (χ2n) is 4.22. The van der Waals surface area contributed by atoms with Crippen LogP contribution in [-0.4, -0.2) is 69.5 Å². The first kappa shape index (κ1) is 15.5. The van der Waals surface area contributed by atoms with Gasteiger partial charge in [-0.3, -0.25) is 4.79 Å². The van der Waals surface area contributed by atoms with Gasteiger partial charge in [-0.1, -0.05) is 6.07 Å². The highest BCUT2D eigenvalue weighted by molar-refractivity contribution is 7.13. The van der Waals surface area contributed by atoms with E-state index in [9.17, 15) is 4.79 Å². The number of hydrogen-bond donors (Lipinski definition) is 1. The fourth-order valence-corrected chi connectivity index (χ4v) is 2.37. The molecule has 0 fully saturated rings. The molecule has 2 heterocycles. The Morgan fingerprint density at radius 1 is 1.52 bits per heavy atom. The molecule has 2 aromatic rings. The molecule has 9 heteroatoms. The summed E-state index contributed by atoms with van der Waals surface area (Å²) in [6.45, 7) is 0.983. The van der Waals surface area contributed by atoms with Crippen LogP contribution in [0.25, 0.3) is 10.7 Å². The third-order valence-corrected chi connectivity index (χ3v) is 3.62. The van der Waals surface area contributed by atoms with Crippen LogP contribution in [0.3, 0.4) is 0 Å². The zero-order chi connectivity index (χ0) is 15.1. The minimum Gasteiger partial charge on any atom is -0.395 e. The first-order valence-electron chi connectivity index (χ1n) is 6.44. The predicted octanol–water partition coefficient (Wildman–Crippen LogP) is -0.131. The Kier molecular flexibility index (Phi) is 5.78. The van der Waals surface area contributed by atoms with E-state index in [-0.39, 0.29) is 25.6 Å². The summed E-state index contributed by atoms with van der Waals surface area (Å²) >= 11 is 1.51. The van der Waals surface area contributed by atoms with Gasteiger partial charge in [0.2, 0.25) is 11.7 Å². The number of hydrogen-bond acceptors (Lipinski definition) is 7. The van der Waals surface area contributed by atoms with Gasteiger partial charge in [-0.25, -0.2) is 0 Å². The van der Waals surface area contributed by atoms with Gasteiger partial charge in [0.1, 0.15) is 6.54 Å². The molecule has 2 aromatic heterocycles. The summed E-state index contributed by atoms with van der Waals surface area (Å²) < 4.78 is 4.95. The molecule has 0 atom stereocenters. The lowest BCUT2D eigenvalue weighted by molar-refractivity contribution is -0.133. The number of aromatic nitrogens is 4. The first-order valence-corrected chi connectivity index (χ1v) is 7.32. The fraction of sp³-hybridized carbons (Fsp3) is 0.500. The third kappa shape index (κ3) is 4.31. The van der Waals surface area contributed by atoms with Gasteiger partial charge in [-0.2, -0.15) is 4.80 Å².